The number of piperidine rings is 1. The van der Waals surface area contributed by atoms with Gasteiger partial charge >= 0.3 is 0 Å². The SMILES string of the molecule is COc1nc2[nH]ncc2cc1Nc1ncnc2sc3c(c12)CC[C@H](C(=O)N1CCC(N(C)C)CC1)C3. The maximum atomic E-state index is 13.4. The number of methoxy groups -OCH3 is 1. The molecule has 0 unspecified atom stereocenters. The number of fused-ring (bicyclic) bond motifs is 4. The lowest BCUT2D eigenvalue weighted by molar-refractivity contribution is -0.137. The van der Waals surface area contributed by atoms with Crippen LogP contribution in [0, 0.1) is 5.92 Å². The molecule has 1 aliphatic carbocycles. The van der Waals surface area contributed by atoms with Gasteiger partial charge in [0.15, 0.2) is 5.65 Å². The number of hydrogen-bond donors (Lipinski definition) is 2. The molecule has 1 aliphatic heterocycles. The van der Waals surface area contributed by atoms with E-state index in [-0.39, 0.29) is 5.92 Å². The second-order valence-electron chi connectivity index (χ2n) is 9.84. The number of anilines is 2. The number of thiophene rings is 1. The average Bonchev–Trinajstić information content (AvgIpc) is 3.51. The van der Waals surface area contributed by atoms with Gasteiger partial charge in [0.2, 0.25) is 11.8 Å². The van der Waals surface area contributed by atoms with E-state index in [9.17, 15) is 4.79 Å². The van der Waals surface area contributed by atoms with Gasteiger partial charge in [0.25, 0.3) is 0 Å². The standard InChI is InChI=1S/C25H30N8O2S/c1-32(2)16-6-8-33(9-7-16)25(34)14-4-5-17-19(11-14)36-24-20(17)22(26-13-27-24)29-18-10-15-12-28-31-21(15)30-23(18)35-3/h10,12-14,16H,4-9,11H2,1-3H3,(H,26,27,29)(H,28,30,31)/t14-/m0/s1. The lowest BCUT2D eigenvalue weighted by Gasteiger charge is -2.37. The smallest absolute Gasteiger partial charge is 0.239 e. The Hall–Kier alpha value is -3.31. The first-order chi connectivity index (χ1) is 17.5. The zero-order valence-corrected chi connectivity index (χ0v) is 21.6. The molecule has 10 nitrogen and oxygen atoms in total. The van der Waals surface area contributed by atoms with Crippen molar-refractivity contribution in [3.05, 3.63) is 29.0 Å². The number of carbonyl (C=O) groups is 1. The second kappa shape index (κ2) is 9.29. The number of aryl methyl sites for hydroxylation is 1. The third-order valence-corrected chi connectivity index (χ3v) is 8.70. The number of nitrogens with zero attached hydrogens (tertiary/aromatic N) is 6. The van der Waals surface area contributed by atoms with Crippen molar-refractivity contribution in [1.29, 1.82) is 0 Å². The molecule has 4 aromatic heterocycles. The van der Waals surface area contributed by atoms with Crippen molar-refractivity contribution < 1.29 is 9.53 Å². The first kappa shape index (κ1) is 23.1. The van der Waals surface area contributed by atoms with Crippen LogP contribution in [-0.2, 0) is 17.6 Å². The molecule has 4 aromatic rings. The Balaban J connectivity index is 1.25. The summed E-state index contributed by atoms with van der Waals surface area (Å²) in [6.07, 6.45) is 7.88. The summed E-state index contributed by atoms with van der Waals surface area (Å²) in [7, 11) is 5.85. The molecule has 0 spiro atoms. The molecule has 1 amide bonds. The first-order valence-corrected chi connectivity index (χ1v) is 13.2. The summed E-state index contributed by atoms with van der Waals surface area (Å²) in [5.74, 6) is 1.55. The quantitative estimate of drug-likeness (QED) is 0.424. The highest BCUT2D eigenvalue weighted by Gasteiger charge is 2.33. The molecular formula is C25H30N8O2S. The minimum absolute atomic E-state index is 0.0404. The molecule has 36 heavy (non-hydrogen) atoms. The van der Waals surface area contributed by atoms with Gasteiger partial charge in [0.05, 0.1) is 18.7 Å². The minimum Gasteiger partial charge on any atom is -0.479 e. The van der Waals surface area contributed by atoms with E-state index in [1.165, 1.54) is 10.4 Å². The zero-order chi connectivity index (χ0) is 24.8. The van der Waals surface area contributed by atoms with Crippen molar-refractivity contribution in [1.82, 2.24) is 34.9 Å². The van der Waals surface area contributed by atoms with Gasteiger partial charge in [-0.1, -0.05) is 0 Å². The van der Waals surface area contributed by atoms with Gasteiger partial charge in [0.1, 0.15) is 22.7 Å². The summed E-state index contributed by atoms with van der Waals surface area (Å²) in [5, 5.41) is 12.3. The fourth-order valence-corrected chi connectivity index (χ4v) is 6.78. The van der Waals surface area contributed by atoms with E-state index in [1.54, 1.807) is 31.0 Å². The number of hydrogen-bond acceptors (Lipinski definition) is 9. The van der Waals surface area contributed by atoms with Gasteiger partial charge in [0, 0.05) is 35.3 Å². The van der Waals surface area contributed by atoms with E-state index in [4.69, 9.17) is 4.74 Å². The van der Waals surface area contributed by atoms with Crippen molar-refractivity contribution in [3.63, 3.8) is 0 Å². The largest absolute Gasteiger partial charge is 0.479 e. The molecule has 1 fully saturated rings. The molecule has 2 N–H and O–H groups in total. The van der Waals surface area contributed by atoms with Gasteiger partial charge in [-0.3, -0.25) is 9.89 Å². The Morgan fingerprint density at radius 3 is 2.86 bits per heavy atom. The predicted molar refractivity (Wildman–Crippen MR) is 140 cm³/mol. The summed E-state index contributed by atoms with van der Waals surface area (Å²) in [6, 6.07) is 2.52. The van der Waals surface area contributed by atoms with Gasteiger partial charge in [-0.2, -0.15) is 10.1 Å². The van der Waals surface area contributed by atoms with Crippen LogP contribution in [0.15, 0.2) is 18.6 Å². The molecular weight excluding hydrogens is 476 g/mol. The normalized spacial score (nSPS) is 18.7. The van der Waals surface area contributed by atoms with Crippen molar-refractivity contribution in [3.8, 4) is 5.88 Å². The third-order valence-electron chi connectivity index (χ3n) is 7.54. The summed E-state index contributed by atoms with van der Waals surface area (Å²) in [5.41, 5.74) is 2.64. The van der Waals surface area contributed by atoms with Crippen molar-refractivity contribution >= 4 is 50.0 Å². The van der Waals surface area contributed by atoms with Crippen LogP contribution in [0.1, 0.15) is 29.7 Å². The second-order valence-corrected chi connectivity index (χ2v) is 10.9. The number of H-pyrrole nitrogens is 1. The first-order valence-electron chi connectivity index (χ1n) is 12.4. The van der Waals surface area contributed by atoms with Crippen LogP contribution in [0.3, 0.4) is 0 Å². The Morgan fingerprint density at radius 2 is 2.08 bits per heavy atom. The van der Waals surface area contributed by atoms with E-state index < -0.39 is 0 Å². The fourth-order valence-electron chi connectivity index (χ4n) is 5.51. The van der Waals surface area contributed by atoms with Crippen LogP contribution in [0.25, 0.3) is 21.3 Å². The molecule has 2 aliphatic rings. The number of pyridine rings is 1. The van der Waals surface area contributed by atoms with Crippen molar-refractivity contribution in [2.75, 3.05) is 39.6 Å². The number of ether oxygens (including phenoxy) is 1. The summed E-state index contributed by atoms with van der Waals surface area (Å²) in [6.45, 7) is 1.71. The number of rotatable bonds is 5. The van der Waals surface area contributed by atoms with E-state index in [1.807, 2.05) is 6.07 Å². The highest BCUT2D eigenvalue weighted by molar-refractivity contribution is 7.19. The average molecular weight is 507 g/mol. The predicted octanol–water partition coefficient (Wildman–Crippen LogP) is 3.37. The number of aromatic nitrogens is 5. The minimum atomic E-state index is 0.0404. The monoisotopic (exact) mass is 506 g/mol. The highest BCUT2D eigenvalue weighted by atomic mass is 32.1. The molecule has 0 bridgehead atoms. The topological polar surface area (TPSA) is 112 Å². The molecule has 0 saturated carbocycles. The summed E-state index contributed by atoms with van der Waals surface area (Å²) >= 11 is 1.68. The number of aromatic amines is 1. The fraction of sp³-hybridized carbons (Fsp3) is 0.480. The van der Waals surface area contributed by atoms with E-state index in [0.717, 1.165) is 72.3 Å². The van der Waals surface area contributed by atoms with Crippen molar-refractivity contribution in [2.45, 2.75) is 38.1 Å². The maximum absolute atomic E-state index is 13.4. The van der Waals surface area contributed by atoms with Crippen LogP contribution < -0.4 is 10.1 Å². The van der Waals surface area contributed by atoms with E-state index >= 15 is 0 Å². The third kappa shape index (κ3) is 4.05. The Bertz CT molecular complexity index is 1420. The lowest BCUT2D eigenvalue weighted by Crippen LogP contribution is -2.47. The van der Waals surface area contributed by atoms with E-state index in [2.05, 4.69) is 54.4 Å². The number of nitrogens with one attached hydrogen (secondary N) is 2. The maximum Gasteiger partial charge on any atom is 0.239 e. The lowest BCUT2D eigenvalue weighted by atomic mass is 9.86. The van der Waals surface area contributed by atoms with Crippen LogP contribution in [0.2, 0.25) is 0 Å². The van der Waals surface area contributed by atoms with Crippen LogP contribution >= 0.6 is 11.3 Å². The molecule has 1 atom stereocenters. The molecule has 0 radical (unpaired) electrons. The highest BCUT2D eigenvalue weighted by Crippen LogP contribution is 2.41. The Morgan fingerprint density at radius 1 is 1.25 bits per heavy atom. The summed E-state index contributed by atoms with van der Waals surface area (Å²) < 4.78 is 5.51. The van der Waals surface area contributed by atoms with Gasteiger partial charge < -0.3 is 19.9 Å². The van der Waals surface area contributed by atoms with Gasteiger partial charge in [-0.15, -0.1) is 11.3 Å². The zero-order valence-electron chi connectivity index (χ0n) is 20.7. The van der Waals surface area contributed by atoms with Gasteiger partial charge in [-0.25, -0.2) is 9.97 Å². The van der Waals surface area contributed by atoms with Crippen LogP contribution in [0.4, 0.5) is 11.5 Å². The van der Waals surface area contributed by atoms with Crippen LogP contribution in [0.5, 0.6) is 5.88 Å². The number of likely N-dealkylation sites (tertiary alicyclic amines) is 1. The Labute approximate surface area is 213 Å². The molecule has 1 saturated heterocycles. The number of carbonyl (C=O) groups excluding carboxylic acids is 1. The summed E-state index contributed by atoms with van der Waals surface area (Å²) in [4.78, 5) is 33.6. The van der Waals surface area contributed by atoms with Crippen molar-refractivity contribution in [2.24, 2.45) is 5.92 Å². The van der Waals surface area contributed by atoms with E-state index in [0.29, 0.717) is 23.5 Å². The molecule has 188 valence electrons. The molecule has 11 heteroatoms. The molecule has 5 heterocycles. The Kier molecular flexibility index (Phi) is 5.96. The van der Waals surface area contributed by atoms with Gasteiger partial charge in [-0.05, 0) is 57.8 Å². The van der Waals surface area contributed by atoms with Crippen LogP contribution in [-0.4, -0.2) is 81.2 Å². The molecule has 6 rings (SSSR count). The number of amides is 1. The molecule has 0 aromatic carbocycles.